The minimum atomic E-state index is -4.33. The van der Waals surface area contributed by atoms with Gasteiger partial charge in [0.25, 0.3) is 0 Å². The second-order valence-corrected chi connectivity index (χ2v) is 9.24. The highest BCUT2D eigenvalue weighted by Gasteiger charge is 2.67. The number of H-pyrrole nitrogens is 1. The van der Waals surface area contributed by atoms with Crippen LogP contribution in [-0.4, -0.2) is 53.9 Å². The molecule has 0 unspecified atom stereocenters. The van der Waals surface area contributed by atoms with Crippen molar-refractivity contribution in [3.05, 3.63) is 65.9 Å². The summed E-state index contributed by atoms with van der Waals surface area (Å²) in [6, 6.07) is 14.7. The number of carbonyl (C=O) groups is 1. The third-order valence-electron chi connectivity index (χ3n) is 6.85. The first-order valence-corrected chi connectivity index (χ1v) is 11.2. The second kappa shape index (κ2) is 9.17. The Bertz CT molecular complexity index is 1090. The summed E-state index contributed by atoms with van der Waals surface area (Å²) in [7, 11) is 3.87. The fourth-order valence-corrected chi connectivity index (χ4v) is 4.60. The van der Waals surface area contributed by atoms with Gasteiger partial charge in [0.2, 0.25) is 5.91 Å². The number of fused-ring (bicyclic) bond motifs is 1. The molecule has 1 aliphatic carbocycles. The maximum atomic E-state index is 13.9. The summed E-state index contributed by atoms with van der Waals surface area (Å²) in [5.74, 6) is -1.23. The molecular formula is C25H29F3N4O. The summed E-state index contributed by atoms with van der Waals surface area (Å²) in [6.45, 7) is 0.357. The molecule has 0 aliphatic heterocycles. The van der Waals surface area contributed by atoms with E-state index in [-0.39, 0.29) is 31.2 Å². The van der Waals surface area contributed by atoms with Gasteiger partial charge >= 0.3 is 6.18 Å². The monoisotopic (exact) mass is 458 g/mol. The number of amides is 1. The Kier molecular flexibility index (Phi) is 6.47. The molecule has 1 fully saturated rings. The number of nitrogens with zero attached hydrogens (tertiary/aromatic N) is 2. The number of nitrogens with one attached hydrogen (secondary N) is 2. The van der Waals surface area contributed by atoms with E-state index < -0.39 is 17.5 Å². The molecule has 2 N–H and O–H groups in total. The molecule has 2 aromatic carbocycles. The summed E-state index contributed by atoms with van der Waals surface area (Å²) >= 11 is 0. The fourth-order valence-electron chi connectivity index (χ4n) is 4.60. The van der Waals surface area contributed by atoms with Crippen molar-refractivity contribution in [1.82, 2.24) is 20.4 Å². The van der Waals surface area contributed by atoms with E-state index in [0.29, 0.717) is 18.5 Å². The average molecular weight is 459 g/mol. The van der Waals surface area contributed by atoms with E-state index in [9.17, 15) is 18.0 Å². The van der Waals surface area contributed by atoms with Crippen molar-refractivity contribution < 1.29 is 18.0 Å². The van der Waals surface area contributed by atoms with Crippen molar-refractivity contribution >= 4 is 16.8 Å². The van der Waals surface area contributed by atoms with Crippen molar-refractivity contribution in [3.63, 3.8) is 0 Å². The van der Waals surface area contributed by atoms with E-state index in [1.54, 1.807) is 36.5 Å². The van der Waals surface area contributed by atoms with Gasteiger partial charge in [0, 0.05) is 30.3 Å². The molecule has 1 aromatic heterocycles. The van der Waals surface area contributed by atoms with Gasteiger partial charge < -0.3 is 10.2 Å². The van der Waals surface area contributed by atoms with Crippen LogP contribution in [-0.2, 0) is 11.2 Å². The highest BCUT2D eigenvalue weighted by molar-refractivity contribution is 5.78. The molecule has 33 heavy (non-hydrogen) atoms. The predicted octanol–water partition coefficient (Wildman–Crippen LogP) is 4.67. The minimum absolute atomic E-state index is 0.00553. The molecule has 3 aromatic rings. The van der Waals surface area contributed by atoms with E-state index in [2.05, 4.69) is 21.6 Å². The normalized spacial score (nSPS) is 17.2. The number of aromatic amines is 1. The summed E-state index contributed by atoms with van der Waals surface area (Å²) in [6.07, 6.45) is -1.90. The van der Waals surface area contributed by atoms with E-state index in [1.165, 1.54) is 0 Å². The van der Waals surface area contributed by atoms with Crippen LogP contribution >= 0.6 is 0 Å². The molecule has 1 saturated carbocycles. The number of hydrogen-bond acceptors (Lipinski definition) is 3. The van der Waals surface area contributed by atoms with Crippen LogP contribution < -0.4 is 5.32 Å². The highest BCUT2D eigenvalue weighted by Crippen LogP contribution is 2.66. The Morgan fingerprint density at radius 1 is 1.18 bits per heavy atom. The molecule has 1 aliphatic rings. The molecule has 0 radical (unpaired) electrons. The number of alkyl halides is 3. The van der Waals surface area contributed by atoms with Crippen molar-refractivity contribution in [2.75, 3.05) is 20.6 Å². The summed E-state index contributed by atoms with van der Waals surface area (Å²) in [5, 5.41) is 10.9. The Hall–Kier alpha value is -2.87. The lowest BCUT2D eigenvalue weighted by molar-refractivity contribution is -0.194. The molecule has 4 rings (SSSR count). The highest BCUT2D eigenvalue weighted by atomic mass is 19.4. The first-order valence-electron chi connectivity index (χ1n) is 11.2. The average Bonchev–Trinajstić information content (AvgIpc) is 3.47. The quantitative estimate of drug-likeness (QED) is 0.490. The van der Waals surface area contributed by atoms with Gasteiger partial charge in [-0.25, -0.2) is 0 Å². The van der Waals surface area contributed by atoms with Crippen LogP contribution in [0.2, 0.25) is 0 Å². The van der Waals surface area contributed by atoms with Gasteiger partial charge in [-0.05, 0) is 56.6 Å². The Morgan fingerprint density at radius 2 is 1.91 bits per heavy atom. The van der Waals surface area contributed by atoms with E-state index >= 15 is 0 Å². The standard InChI is InChI=1S/C25H29F3N4O/c1-32(2)20(13-17-8-9-22-19(12-17)15-30-31-22)16-29-23(33)14-21(18-6-4-3-5-7-18)24(10-11-24)25(26,27)28/h3-9,12,15,20-21H,10-11,13-14,16H2,1-2H3,(H,29,33)(H,30,31)/t20-,21+/m0/s1. The predicted molar refractivity (Wildman–Crippen MR) is 122 cm³/mol. The number of rotatable bonds is 9. The minimum Gasteiger partial charge on any atom is -0.355 e. The van der Waals surface area contributed by atoms with Crippen molar-refractivity contribution in [3.8, 4) is 0 Å². The molecule has 0 saturated heterocycles. The van der Waals surface area contributed by atoms with E-state index in [0.717, 1.165) is 16.5 Å². The van der Waals surface area contributed by atoms with Crippen LogP contribution in [0.3, 0.4) is 0 Å². The number of likely N-dealkylation sites (N-methyl/N-ethyl adjacent to an activating group) is 1. The number of aromatic nitrogens is 2. The lowest BCUT2D eigenvalue weighted by Gasteiger charge is -2.30. The number of halogens is 3. The van der Waals surface area contributed by atoms with Gasteiger partial charge in [-0.1, -0.05) is 36.4 Å². The van der Waals surface area contributed by atoms with Crippen LogP contribution in [0.5, 0.6) is 0 Å². The fraction of sp³-hybridized carbons (Fsp3) is 0.440. The van der Waals surface area contributed by atoms with Gasteiger partial charge in [0.1, 0.15) is 0 Å². The van der Waals surface area contributed by atoms with E-state index in [1.807, 2.05) is 31.1 Å². The van der Waals surface area contributed by atoms with Crippen molar-refractivity contribution in [1.29, 1.82) is 0 Å². The van der Waals surface area contributed by atoms with Crippen LogP contribution in [0, 0.1) is 5.41 Å². The lowest BCUT2D eigenvalue weighted by Crippen LogP contribution is -2.42. The Balaban J connectivity index is 1.43. The zero-order valence-electron chi connectivity index (χ0n) is 18.8. The number of hydrogen-bond donors (Lipinski definition) is 2. The largest absolute Gasteiger partial charge is 0.395 e. The number of benzene rings is 2. The zero-order valence-corrected chi connectivity index (χ0v) is 18.8. The van der Waals surface area contributed by atoms with Crippen LogP contribution in [0.15, 0.2) is 54.7 Å². The number of carbonyl (C=O) groups excluding carboxylic acids is 1. The molecule has 5 nitrogen and oxygen atoms in total. The SMILES string of the molecule is CN(C)[C@H](CNC(=O)C[C@H](c1ccccc1)C1(C(F)(F)F)CC1)Cc1ccc2[nH]ncc2c1. The summed E-state index contributed by atoms with van der Waals surface area (Å²) < 4.78 is 41.7. The van der Waals surface area contributed by atoms with Gasteiger partial charge in [-0.15, -0.1) is 0 Å². The molecule has 8 heteroatoms. The molecule has 176 valence electrons. The van der Waals surface area contributed by atoms with Gasteiger partial charge in [-0.3, -0.25) is 9.89 Å². The molecule has 0 bridgehead atoms. The molecule has 0 spiro atoms. The third kappa shape index (κ3) is 5.05. The van der Waals surface area contributed by atoms with E-state index in [4.69, 9.17) is 0 Å². The van der Waals surface area contributed by atoms with Gasteiger partial charge in [0.05, 0.1) is 17.1 Å². The molecule has 1 heterocycles. The Morgan fingerprint density at radius 3 is 2.55 bits per heavy atom. The lowest BCUT2D eigenvalue weighted by atomic mass is 9.80. The molecule has 2 atom stereocenters. The maximum absolute atomic E-state index is 13.9. The summed E-state index contributed by atoms with van der Waals surface area (Å²) in [4.78, 5) is 14.9. The zero-order chi connectivity index (χ0) is 23.6. The van der Waals surface area contributed by atoms with Crippen LogP contribution in [0.4, 0.5) is 13.2 Å². The molecular weight excluding hydrogens is 429 g/mol. The van der Waals surface area contributed by atoms with Crippen molar-refractivity contribution in [2.24, 2.45) is 5.41 Å². The maximum Gasteiger partial charge on any atom is 0.395 e. The first kappa shape index (κ1) is 23.3. The summed E-state index contributed by atoms with van der Waals surface area (Å²) in [5.41, 5.74) is 0.833. The molecule has 1 amide bonds. The first-order chi connectivity index (χ1) is 15.7. The van der Waals surface area contributed by atoms with Crippen LogP contribution in [0.1, 0.15) is 36.3 Å². The smallest absolute Gasteiger partial charge is 0.355 e. The van der Waals surface area contributed by atoms with Gasteiger partial charge in [-0.2, -0.15) is 18.3 Å². The topological polar surface area (TPSA) is 61.0 Å². The second-order valence-electron chi connectivity index (χ2n) is 9.24. The van der Waals surface area contributed by atoms with Crippen molar-refractivity contribution in [2.45, 2.75) is 43.8 Å². The van der Waals surface area contributed by atoms with Gasteiger partial charge in [0.15, 0.2) is 0 Å². The third-order valence-corrected chi connectivity index (χ3v) is 6.85. The van der Waals surface area contributed by atoms with Crippen LogP contribution in [0.25, 0.3) is 10.9 Å². The Labute approximate surface area is 191 Å².